The molecule has 3 aromatic rings. The zero-order valence-electron chi connectivity index (χ0n) is 17.3. The van der Waals surface area contributed by atoms with Crippen molar-refractivity contribution in [1.29, 1.82) is 0 Å². The Bertz CT molecular complexity index is 1180. The van der Waals surface area contributed by atoms with Gasteiger partial charge in [0.1, 0.15) is 10.6 Å². The molecular formula is C23H19ClN2O5S. The molecule has 0 aliphatic carbocycles. The number of thiophene rings is 1. The summed E-state index contributed by atoms with van der Waals surface area (Å²) >= 11 is 7.10. The molecule has 1 N–H and O–H groups in total. The van der Waals surface area contributed by atoms with Crippen molar-refractivity contribution in [3.8, 4) is 11.1 Å². The van der Waals surface area contributed by atoms with E-state index in [0.29, 0.717) is 21.2 Å². The van der Waals surface area contributed by atoms with Crippen molar-refractivity contribution in [2.24, 2.45) is 0 Å². The Balaban J connectivity index is 1.94. The number of aryl methyl sites for hydroxylation is 1. The summed E-state index contributed by atoms with van der Waals surface area (Å²) in [6.07, 6.45) is 2.99. The lowest BCUT2D eigenvalue weighted by Gasteiger charge is -2.08. The average molecular weight is 471 g/mol. The molecule has 32 heavy (non-hydrogen) atoms. The molecule has 164 valence electrons. The number of hydrogen-bond donors (Lipinski definition) is 1. The van der Waals surface area contributed by atoms with E-state index in [-0.39, 0.29) is 17.9 Å². The Hall–Kier alpha value is -3.49. The number of nitro benzene ring substituents is 1. The highest BCUT2D eigenvalue weighted by Gasteiger charge is 2.25. The first-order valence-corrected chi connectivity index (χ1v) is 10.8. The number of rotatable bonds is 7. The summed E-state index contributed by atoms with van der Waals surface area (Å²) < 4.78 is 5.21. The maximum absolute atomic E-state index is 12.7. The highest BCUT2D eigenvalue weighted by molar-refractivity contribution is 7.17. The van der Waals surface area contributed by atoms with Gasteiger partial charge in [-0.1, -0.05) is 23.7 Å². The fraction of sp³-hybridized carbons (Fsp3) is 0.130. The van der Waals surface area contributed by atoms with E-state index in [4.69, 9.17) is 16.3 Å². The Morgan fingerprint density at radius 2 is 1.81 bits per heavy atom. The van der Waals surface area contributed by atoms with Gasteiger partial charge in [0.25, 0.3) is 5.69 Å². The van der Waals surface area contributed by atoms with Gasteiger partial charge in [0.2, 0.25) is 5.91 Å². The molecule has 0 radical (unpaired) electrons. The minimum atomic E-state index is -0.581. The number of ether oxygens (including phenoxy) is 1. The molecular weight excluding hydrogens is 452 g/mol. The molecule has 0 saturated heterocycles. The van der Waals surface area contributed by atoms with Crippen LogP contribution in [0.25, 0.3) is 17.2 Å². The zero-order valence-corrected chi connectivity index (χ0v) is 18.8. The fourth-order valence-electron chi connectivity index (χ4n) is 3.03. The molecule has 0 bridgehead atoms. The molecule has 9 heteroatoms. The van der Waals surface area contributed by atoms with Crippen LogP contribution in [-0.4, -0.2) is 23.4 Å². The number of amides is 1. The molecule has 0 spiro atoms. The standard InChI is InChI=1S/C23H19ClN2O5S/c1-3-31-23(28)21-20(16-7-11-18(12-8-16)26(29)30)14(2)32-22(21)25-19(27)13-6-15-4-9-17(24)10-5-15/h4-13H,3H2,1-2H3,(H,25,27)/b13-6+. The van der Waals surface area contributed by atoms with Gasteiger partial charge in [-0.3, -0.25) is 14.9 Å². The summed E-state index contributed by atoms with van der Waals surface area (Å²) in [7, 11) is 0. The van der Waals surface area contributed by atoms with Crippen molar-refractivity contribution in [2.45, 2.75) is 13.8 Å². The molecule has 7 nitrogen and oxygen atoms in total. The van der Waals surface area contributed by atoms with Crippen molar-refractivity contribution in [3.05, 3.63) is 85.7 Å². The predicted molar refractivity (Wildman–Crippen MR) is 126 cm³/mol. The van der Waals surface area contributed by atoms with E-state index in [1.807, 2.05) is 6.92 Å². The second-order valence-electron chi connectivity index (χ2n) is 6.64. The Kier molecular flexibility index (Phi) is 7.40. The fourth-order valence-corrected chi connectivity index (χ4v) is 4.22. The number of halogens is 1. The van der Waals surface area contributed by atoms with Gasteiger partial charge in [0.15, 0.2) is 0 Å². The van der Waals surface area contributed by atoms with Gasteiger partial charge >= 0.3 is 5.97 Å². The quantitative estimate of drug-likeness (QED) is 0.194. The largest absolute Gasteiger partial charge is 0.462 e. The number of anilines is 1. The van der Waals surface area contributed by atoms with Crippen LogP contribution in [0.1, 0.15) is 27.7 Å². The molecule has 1 heterocycles. The van der Waals surface area contributed by atoms with E-state index < -0.39 is 16.8 Å². The zero-order chi connectivity index (χ0) is 23.3. The van der Waals surface area contributed by atoms with Gasteiger partial charge < -0.3 is 10.1 Å². The molecule has 0 fully saturated rings. The lowest BCUT2D eigenvalue weighted by molar-refractivity contribution is -0.384. The lowest BCUT2D eigenvalue weighted by Crippen LogP contribution is -2.12. The number of benzene rings is 2. The molecule has 0 aliphatic rings. The van der Waals surface area contributed by atoms with Gasteiger partial charge in [-0.2, -0.15) is 0 Å². The Morgan fingerprint density at radius 1 is 1.16 bits per heavy atom. The third-order valence-corrected chi connectivity index (χ3v) is 5.74. The number of esters is 1. The third-order valence-electron chi connectivity index (χ3n) is 4.46. The number of carbonyl (C=O) groups is 2. The summed E-state index contributed by atoms with van der Waals surface area (Å²) in [6.45, 7) is 3.66. The van der Waals surface area contributed by atoms with Gasteiger partial charge in [-0.05, 0) is 55.3 Å². The first kappa shape index (κ1) is 23.2. The minimum absolute atomic E-state index is 0.0554. The SMILES string of the molecule is CCOC(=O)c1c(NC(=O)/C=C/c2ccc(Cl)cc2)sc(C)c1-c1ccc([N+](=O)[O-])cc1. The average Bonchev–Trinajstić information content (AvgIpc) is 3.09. The number of nitrogens with one attached hydrogen (secondary N) is 1. The van der Waals surface area contributed by atoms with Crippen molar-refractivity contribution in [2.75, 3.05) is 11.9 Å². The van der Waals surface area contributed by atoms with E-state index in [1.165, 1.54) is 29.5 Å². The van der Waals surface area contributed by atoms with E-state index >= 15 is 0 Å². The summed E-state index contributed by atoms with van der Waals surface area (Å²) in [5.74, 6) is -0.996. The number of non-ortho nitro benzene ring substituents is 1. The molecule has 0 saturated carbocycles. The van der Waals surface area contributed by atoms with Crippen molar-refractivity contribution in [3.63, 3.8) is 0 Å². The second-order valence-corrected chi connectivity index (χ2v) is 8.30. The van der Waals surface area contributed by atoms with Crippen LogP contribution in [0.4, 0.5) is 10.7 Å². The maximum atomic E-state index is 12.7. The van der Waals surface area contributed by atoms with Crippen molar-refractivity contribution < 1.29 is 19.2 Å². The van der Waals surface area contributed by atoms with Gasteiger partial charge in [-0.25, -0.2) is 4.79 Å². The van der Waals surface area contributed by atoms with Crippen LogP contribution in [-0.2, 0) is 9.53 Å². The van der Waals surface area contributed by atoms with Crippen LogP contribution in [0.15, 0.2) is 54.6 Å². The van der Waals surface area contributed by atoms with Crippen LogP contribution in [0, 0.1) is 17.0 Å². The molecule has 3 rings (SSSR count). The van der Waals surface area contributed by atoms with Gasteiger partial charge in [0.05, 0.1) is 11.5 Å². The second kappa shape index (κ2) is 10.2. The highest BCUT2D eigenvalue weighted by atomic mass is 35.5. The lowest BCUT2D eigenvalue weighted by atomic mass is 10.0. The number of carbonyl (C=O) groups excluding carboxylic acids is 2. The van der Waals surface area contributed by atoms with Crippen LogP contribution >= 0.6 is 22.9 Å². The third kappa shape index (κ3) is 5.40. The summed E-state index contributed by atoms with van der Waals surface area (Å²) in [4.78, 5) is 36.5. The molecule has 1 aromatic heterocycles. The van der Waals surface area contributed by atoms with Crippen LogP contribution in [0.5, 0.6) is 0 Å². The maximum Gasteiger partial charge on any atom is 0.341 e. The van der Waals surface area contributed by atoms with Gasteiger partial charge in [-0.15, -0.1) is 11.3 Å². The summed E-state index contributed by atoms with van der Waals surface area (Å²) in [5.41, 5.74) is 2.14. The minimum Gasteiger partial charge on any atom is -0.462 e. The molecule has 0 unspecified atom stereocenters. The first-order chi connectivity index (χ1) is 15.3. The van der Waals surface area contributed by atoms with Crippen LogP contribution in [0.3, 0.4) is 0 Å². The van der Waals surface area contributed by atoms with Crippen molar-refractivity contribution >= 4 is 51.6 Å². The summed E-state index contributed by atoms with van der Waals surface area (Å²) in [5, 5.41) is 14.6. The number of nitrogens with zero attached hydrogens (tertiary/aromatic N) is 1. The van der Waals surface area contributed by atoms with Crippen LogP contribution in [0.2, 0.25) is 5.02 Å². The monoisotopic (exact) mass is 470 g/mol. The highest BCUT2D eigenvalue weighted by Crippen LogP contribution is 2.40. The summed E-state index contributed by atoms with van der Waals surface area (Å²) in [6, 6.07) is 12.9. The molecule has 0 atom stereocenters. The van der Waals surface area contributed by atoms with Gasteiger partial charge in [0, 0.05) is 33.7 Å². The Labute approximate surface area is 193 Å². The van der Waals surface area contributed by atoms with E-state index in [2.05, 4.69) is 5.32 Å². The molecule has 0 aliphatic heterocycles. The predicted octanol–water partition coefficient (Wildman–Crippen LogP) is 6.11. The first-order valence-electron chi connectivity index (χ1n) is 9.60. The number of hydrogen-bond acceptors (Lipinski definition) is 6. The topological polar surface area (TPSA) is 98.5 Å². The van der Waals surface area contributed by atoms with E-state index in [0.717, 1.165) is 10.4 Å². The van der Waals surface area contributed by atoms with E-state index in [9.17, 15) is 19.7 Å². The van der Waals surface area contributed by atoms with Crippen molar-refractivity contribution in [1.82, 2.24) is 0 Å². The Morgan fingerprint density at radius 3 is 2.41 bits per heavy atom. The normalized spacial score (nSPS) is 10.8. The number of nitro groups is 1. The van der Waals surface area contributed by atoms with E-state index in [1.54, 1.807) is 49.4 Å². The molecule has 1 amide bonds. The molecule has 2 aromatic carbocycles. The smallest absolute Gasteiger partial charge is 0.341 e. The van der Waals surface area contributed by atoms with Crippen LogP contribution < -0.4 is 5.32 Å².